The van der Waals surface area contributed by atoms with E-state index in [1.54, 1.807) is 18.7 Å². The summed E-state index contributed by atoms with van der Waals surface area (Å²) in [6.07, 6.45) is 0. The molecule has 0 aliphatic carbocycles. The smallest absolute Gasteiger partial charge is 0.338 e. The minimum absolute atomic E-state index is 0.196. The second kappa shape index (κ2) is 8.24. The summed E-state index contributed by atoms with van der Waals surface area (Å²) in [7, 11) is 0. The van der Waals surface area contributed by atoms with E-state index in [2.05, 4.69) is 4.99 Å². The average molecular weight is 480 g/mol. The van der Waals surface area contributed by atoms with E-state index in [0.29, 0.717) is 32.7 Å². The van der Waals surface area contributed by atoms with Gasteiger partial charge in [0.25, 0.3) is 11.5 Å². The Balaban J connectivity index is 1.82. The molecule has 0 N–H and O–H groups in total. The van der Waals surface area contributed by atoms with Crippen LogP contribution in [0.1, 0.15) is 37.3 Å². The zero-order valence-corrected chi connectivity index (χ0v) is 20.0. The highest BCUT2D eigenvalue weighted by Crippen LogP contribution is 2.36. The number of carbonyl (C=O) groups is 2. The Morgan fingerprint density at radius 1 is 1.15 bits per heavy atom. The molecular weight excluding hydrogens is 458 g/mol. The number of likely N-dealkylation sites (N-methyl/N-ethyl adjacent to an activating group) is 1. The number of benzene rings is 1. The van der Waals surface area contributed by atoms with Crippen molar-refractivity contribution in [1.29, 1.82) is 0 Å². The second-order valence-electron chi connectivity index (χ2n) is 7.58. The summed E-state index contributed by atoms with van der Waals surface area (Å²) >= 11 is 2.65. The third-order valence-corrected chi connectivity index (χ3v) is 7.75. The monoisotopic (exact) mass is 479 g/mol. The number of thiazole rings is 1. The maximum atomic E-state index is 13.8. The van der Waals surface area contributed by atoms with Crippen LogP contribution in [0.25, 0.3) is 5.57 Å². The predicted octanol–water partition coefficient (Wildman–Crippen LogP) is 2.60. The first-order chi connectivity index (χ1) is 16.0. The van der Waals surface area contributed by atoms with Crippen molar-refractivity contribution in [3.63, 3.8) is 0 Å². The first-order valence-electron chi connectivity index (χ1n) is 10.6. The van der Waals surface area contributed by atoms with Crippen molar-refractivity contribution >= 4 is 45.8 Å². The van der Waals surface area contributed by atoms with Gasteiger partial charge in [0.05, 0.1) is 29.1 Å². The number of hydrogen-bond acceptors (Lipinski definition) is 7. The fourth-order valence-electron chi connectivity index (χ4n) is 4.37. The van der Waals surface area contributed by atoms with Gasteiger partial charge in [-0.3, -0.25) is 14.2 Å². The summed E-state index contributed by atoms with van der Waals surface area (Å²) in [4.78, 5) is 47.6. The third-order valence-electron chi connectivity index (χ3n) is 5.77. The molecule has 2 aliphatic rings. The van der Waals surface area contributed by atoms with Crippen LogP contribution in [0, 0.1) is 0 Å². The van der Waals surface area contributed by atoms with E-state index >= 15 is 0 Å². The van der Waals surface area contributed by atoms with Crippen LogP contribution in [0.15, 0.2) is 62.8 Å². The SMILES string of the molecule is CCOC(=O)C1=C(C)N=c2s/c(=C3/C(=O)N(CC)c4ccccc43)c(=O)n2[C@@H]1c1cccs1. The van der Waals surface area contributed by atoms with Gasteiger partial charge in [0.1, 0.15) is 10.6 Å². The summed E-state index contributed by atoms with van der Waals surface area (Å²) in [6, 6.07) is 10.6. The molecule has 168 valence electrons. The highest BCUT2D eigenvalue weighted by Gasteiger charge is 2.37. The highest BCUT2D eigenvalue weighted by molar-refractivity contribution is 7.10. The van der Waals surface area contributed by atoms with E-state index < -0.39 is 12.0 Å². The fraction of sp³-hybridized carbons (Fsp3) is 0.250. The molecule has 0 fully saturated rings. The zero-order chi connectivity index (χ0) is 23.3. The van der Waals surface area contributed by atoms with Gasteiger partial charge < -0.3 is 9.64 Å². The molecule has 9 heteroatoms. The Labute approximate surface area is 197 Å². The van der Waals surface area contributed by atoms with Gasteiger partial charge >= 0.3 is 5.97 Å². The molecule has 1 amide bonds. The van der Waals surface area contributed by atoms with Gasteiger partial charge in [-0.2, -0.15) is 0 Å². The largest absolute Gasteiger partial charge is 0.463 e. The van der Waals surface area contributed by atoms with Crippen molar-refractivity contribution in [2.45, 2.75) is 26.8 Å². The summed E-state index contributed by atoms with van der Waals surface area (Å²) < 4.78 is 7.17. The Hall–Kier alpha value is -3.30. The van der Waals surface area contributed by atoms with E-state index in [-0.39, 0.29) is 18.1 Å². The minimum atomic E-state index is -0.649. The molecule has 2 aliphatic heterocycles. The molecule has 7 nitrogen and oxygen atoms in total. The lowest BCUT2D eigenvalue weighted by atomic mass is 10.0. The van der Waals surface area contributed by atoms with Gasteiger partial charge in [0.15, 0.2) is 4.80 Å². The van der Waals surface area contributed by atoms with E-state index in [0.717, 1.165) is 16.1 Å². The maximum Gasteiger partial charge on any atom is 0.338 e. The van der Waals surface area contributed by atoms with E-state index in [1.165, 1.54) is 27.2 Å². The van der Waals surface area contributed by atoms with Crippen LogP contribution in [0.3, 0.4) is 0 Å². The molecule has 1 atom stereocenters. The Bertz CT molecular complexity index is 1490. The highest BCUT2D eigenvalue weighted by atomic mass is 32.1. The molecule has 0 bridgehead atoms. The molecule has 0 saturated carbocycles. The third kappa shape index (κ3) is 3.22. The van der Waals surface area contributed by atoms with Crippen molar-refractivity contribution in [1.82, 2.24) is 4.57 Å². The Morgan fingerprint density at radius 2 is 1.94 bits per heavy atom. The first kappa shape index (κ1) is 21.5. The summed E-state index contributed by atoms with van der Waals surface area (Å²) in [5, 5.41) is 1.90. The molecular formula is C24H21N3O4S2. The van der Waals surface area contributed by atoms with Crippen molar-refractivity contribution in [3.05, 3.63) is 83.2 Å². The Morgan fingerprint density at radius 3 is 2.64 bits per heavy atom. The number of esters is 1. The molecule has 33 heavy (non-hydrogen) atoms. The van der Waals surface area contributed by atoms with E-state index in [1.807, 2.05) is 48.7 Å². The molecule has 0 unspecified atom stereocenters. The van der Waals surface area contributed by atoms with Crippen LogP contribution in [0.5, 0.6) is 0 Å². The van der Waals surface area contributed by atoms with Gasteiger partial charge in [0.2, 0.25) is 0 Å². The number of amides is 1. The number of fused-ring (bicyclic) bond motifs is 2. The number of anilines is 1. The van der Waals surface area contributed by atoms with Gasteiger partial charge in [0, 0.05) is 17.0 Å². The molecule has 0 saturated heterocycles. The average Bonchev–Trinajstić information content (AvgIpc) is 3.50. The van der Waals surface area contributed by atoms with Crippen molar-refractivity contribution in [2.75, 3.05) is 18.1 Å². The number of para-hydroxylation sites is 1. The molecule has 0 spiro atoms. The molecule has 1 aromatic carbocycles. The number of ether oxygens (including phenoxy) is 1. The van der Waals surface area contributed by atoms with Crippen LogP contribution < -0.4 is 19.8 Å². The lowest BCUT2D eigenvalue weighted by Crippen LogP contribution is -2.40. The first-order valence-corrected chi connectivity index (χ1v) is 12.3. The minimum Gasteiger partial charge on any atom is -0.463 e. The van der Waals surface area contributed by atoms with Gasteiger partial charge in [-0.05, 0) is 38.3 Å². The van der Waals surface area contributed by atoms with E-state index in [4.69, 9.17) is 4.74 Å². The number of hydrogen-bond donors (Lipinski definition) is 0. The topological polar surface area (TPSA) is 81.0 Å². The zero-order valence-electron chi connectivity index (χ0n) is 18.3. The predicted molar refractivity (Wildman–Crippen MR) is 128 cm³/mol. The number of rotatable bonds is 4. The van der Waals surface area contributed by atoms with Gasteiger partial charge in [-0.15, -0.1) is 11.3 Å². The van der Waals surface area contributed by atoms with Crippen LogP contribution in [-0.2, 0) is 14.3 Å². The van der Waals surface area contributed by atoms with Crippen LogP contribution in [0.4, 0.5) is 5.69 Å². The number of thiophene rings is 1. The molecule has 4 heterocycles. The lowest BCUT2D eigenvalue weighted by molar-refractivity contribution is -0.139. The number of allylic oxidation sites excluding steroid dienone is 1. The van der Waals surface area contributed by atoms with Crippen LogP contribution >= 0.6 is 22.7 Å². The normalized spacial score (nSPS) is 18.8. The van der Waals surface area contributed by atoms with E-state index in [9.17, 15) is 14.4 Å². The van der Waals surface area contributed by atoms with Gasteiger partial charge in [-0.1, -0.05) is 35.6 Å². The fourth-order valence-corrected chi connectivity index (χ4v) is 6.33. The molecule has 0 radical (unpaired) electrons. The summed E-state index contributed by atoms with van der Waals surface area (Å²) in [5.74, 6) is -0.687. The lowest BCUT2D eigenvalue weighted by Gasteiger charge is -2.23. The number of nitrogens with zero attached hydrogens (tertiary/aromatic N) is 3. The second-order valence-corrected chi connectivity index (χ2v) is 9.54. The van der Waals surface area contributed by atoms with Crippen LogP contribution in [0.2, 0.25) is 0 Å². The maximum absolute atomic E-state index is 13.8. The molecule has 5 rings (SSSR count). The van der Waals surface area contributed by atoms with Crippen LogP contribution in [-0.4, -0.2) is 29.6 Å². The molecule has 2 aromatic heterocycles. The van der Waals surface area contributed by atoms with Gasteiger partial charge in [-0.25, -0.2) is 9.79 Å². The quantitative estimate of drug-likeness (QED) is 0.539. The summed E-state index contributed by atoms with van der Waals surface area (Å²) in [5.41, 5.74) is 2.45. The number of aromatic nitrogens is 1. The summed E-state index contributed by atoms with van der Waals surface area (Å²) in [6.45, 7) is 6.13. The Kier molecular flexibility index (Phi) is 5.38. The standard InChI is InChI=1S/C24H21N3O4S2/c1-4-26-15-10-7-6-9-14(15)18(21(26)28)20-22(29)27-19(16-11-8-12-32-16)17(23(30)31-5-2)13(3)25-24(27)33-20/h6-12,19H,4-5H2,1-3H3/b20-18+/t19-/m1/s1. The molecule has 3 aromatic rings. The van der Waals surface area contributed by atoms with Crippen molar-refractivity contribution in [2.24, 2.45) is 4.99 Å². The number of carbonyl (C=O) groups excluding carboxylic acids is 2. The van der Waals surface area contributed by atoms with Crippen molar-refractivity contribution < 1.29 is 14.3 Å². The van der Waals surface area contributed by atoms with Crippen molar-refractivity contribution in [3.8, 4) is 0 Å².